The van der Waals surface area contributed by atoms with Gasteiger partial charge in [-0.3, -0.25) is 0 Å². The zero-order chi connectivity index (χ0) is 26.0. The van der Waals surface area contributed by atoms with Crippen molar-refractivity contribution in [1.29, 1.82) is 0 Å². The summed E-state index contributed by atoms with van der Waals surface area (Å²) in [5.41, 5.74) is 1.36. The maximum Gasteiger partial charge on any atom is 0.338 e. The third-order valence-corrected chi connectivity index (χ3v) is 5.59. The average molecular weight is 509 g/mol. The summed E-state index contributed by atoms with van der Waals surface area (Å²) in [7, 11) is 2.49. The molecule has 0 fully saturated rings. The second kappa shape index (κ2) is 12.6. The van der Waals surface area contributed by atoms with Gasteiger partial charge in [-0.15, -0.1) is 0 Å². The summed E-state index contributed by atoms with van der Waals surface area (Å²) < 4.78 is 39.3. The molecule has 3 aromatic carbocycles. The first-order valence-electron chi connectivity index (χ1n) is 11.7. The second-order valence-corrected chi connectivity index (χ2v) is 7.93. The van der Waals surface area contributed by atoms with Crippen LogP contribution in [0, 0.1) is 0 Å². The number of fused-ring (bicyclic) bond motifs is 3. The number of carbonyl (C=O) groups excluding carboxylic acids is 2. The zero-order valence-corrected chi connectivity index (χ0v) is 20.7. The molecule has 0 unspecified atom stereocenters. The molecule has 1 aliphatic rings. The molecular formula is C28H28O9. The Bertz CT molecular complexity index is 1140. The van der Waals surface area contributed by atoms with Crippen molar-refractivity contribution in [3.63, 3.8) is 0 Å². The van der Waals surface area contributed by atoms with Gasteiger partial charge in [0.15, 0.2) is 23.0 Å². The highest BCUT2D eigenvalue weighted by Crippen LogP contribution is 2.31. The molecule has 4 rings (SSSR count). The van der Waals surface area contributed by atoms with E-state index in [0.717, 1.165) is 0 Å². The van der Waals surface area contributed by atoms with Gasteiger partial charge in [-0.1, -0.05) is 24.3 Å². The lowest BCUT2D eigenvalue weighted by molar-refractivity contribution is 0.0554. The monoisotopic (exact) mass is 508 g/mol. The van der Waals surface area contributed by atoms with Crippen LogP contribution in [0.2, 0.25) is 0 Å². The van der Waals surface area contributed by atoms with Crippen molar-refractivity contribution in [1.82, 2.24) is 0 Å². The number of para-hydroxylation sites is 4. The standard InChI is InChI=1S/C28H28O9/c1-31-27(29)21-15-19-17-36-25-9-5-3-7-23(25)34-13-11-33-12-14-35-24-8-4-6-10-26(24)37-18-20(19)16-22(21)28(30)32-2/h3-10,15-16H,11-14,17-18H2,1-2H3. The van der Waals surface area contributed by atoms with E-state index in [4.69, 9.17) is 33.2 Å². The van der Waals surface area contributed by atoms with Crippen molar-refractivity contribution in [2.24, 2.45) is 0 Å². The van der Waals surface area contributed by atoms with Crippen molar-refractivity contribution in [2.45, 2.75) is 13.2 Å². The minimum Gasteiger partial charge on any atom is -0.487 e. The molecule has 1 heterocycles. The van der Waals surface area contributed by atoms with Crippen LogP contribution in [0.3, 0.4) is 0 Å². The smallest absolute Gasteiger partial charge is 0.338 e. The van der Waals surface area contributed by atoms with E-state index in [1.54, 1.807) is 36.4 Å². The fourth-order valence-electron chi connectivity index (χ4n) is 3.73. The third-order valence-electron chi connectivity index (χ3n) is 5.59. The van der Waals surface area contributed by atoms with Crippen molar-refractivity contribution in [3.05, 3.63) is 82.9 Å². The molecule has 0 radical (unpaired) electrons. The first kappa shape index (κ1) is 25.8. The van der Waals surface area contributed by atoms with Crippen LogP contribution in [0.1, 0.15) is 31.8 Å². The molecule has 0 bridgehead atoms. The van der Waals surface area contributed by atoms with Gasteiger partial charge in [0, 0.05) is 0 Å². The minimum absolute atomic E-state index is 0.0630. The molecule has 1 aliphatic heterocycles. The lowest BCUT2D eigenvalue weighted by Gasteiger charge is -2.18. The summed E-state index contributed by atoms with van der Waals surface area (Å²) in [5, 5.41) is 0. The Kier molecular flexibility index (Phi) is 8.83. The van der Waals surface area contributed by atoms with E-state index in [1.807, 2.05) is 24.3 Å². The molecule has 37 heavy (non-hydrogen) atoms. The molecule has 9 heteroatoms. The molecule has 0 saturated heterocycles. The van der Waals surface area contributed by atoms with E-state index < -0.39 is 11.9 Å². The fraction of sp³-hybridized carbons (Fsp3) is 0.286. The van der Waals surface area contributed by atoms with E-state index >= 15 is 0 Å². The van der Waals surface area contributed by atoms with Crippen LogP contribution >= 0.6 is 0 Å². The average Bonchev–Trinajstić information content (AvgIpc) is 2.94. The zero-order valence-electron chi connectivity index (χ0n) is 20.7. The quantitative estimate of drug-likeness (QED) is 0.472. The van der Waals surface area contributed by atoms with Crippen LogP contribution in [-0.2, 0) is 27.4 Å². The minimum atomic E-state index is -0.671. The first-order chi connectivity index (χ1) is 18.1. The summed E-state index contributed by atoms with van der Waals surface area (Å²) in [5.74, 6) is 0.797. The van der Waals surface area contributed by atoms with Gasteiger partial charge < -0.3 is 33.2 Å². The van der Waals surface area contributed by atoms with Crippen LogP contribution < -0.4 is 18.9 Å². The van der Waals surface area contributed by atoms with Gasteiger partial charge in [-0.25, -0.2) is 9.59 Å². The highest BCUT2D eigenvalue weighted by atomic mass is 16.6. The van der Waals surface area contributed by atoms with Gasteiger partial charge in [0.25, 0.3) is 0 Å². The van der Waals surface area contributed by atoms with E-state index in [9.17, 15) is 9.59 Å². The Morgan fingerprint density at radius 3 is 1.35 bits per heavy atom. The Balaban J connectivity index is 1.74. The Morgan fingerprint density at radius 2 is 0.973 bits per heavy atom. The number of esters is 2. The molecule has 0 aliphatic carbocycles. The summed E-state index contributed by atoms with van der Waals surface area (Å²) in [4.78, 5) is 25.0. The molecule has 194 valence electrons. The third kappa shape index (κ3) is 6.50. The van der Waals surface area contributed by atoms with Crippen LogP contribution in [0.4, 0.5) is 0 Å². The number of hydrogen-bond donors (Lipinski definition) is 0. The second-order valence-electron chi connectivity index (χ2n) is 7.93. The highest BCUT2D eigenvalue weighted by Gasteiger charge is 2.23. The molecule has 0 amide bonds. The van der Waals surface area contributed by atoms with Crippen molar-refractivity contribution < 1.29 is 42.7 Å². The van der Waals surface area contributed by atoms with E-state index in [1.165, 1.54) is 14.2 Å². The highest BCUT2D eigenvalue weighted by molar-refractivity contribution is 6.03. The molecule has 9 nitrogen and oxygen atoms in total. The number of ether oxygens (including phenoxy) is 7. The summed E-state index contributed by atoms with van der Waals surface area (Å²) in [6.07, 6.45) is 0. The number of rotatable bonds is 2. The van der Waals surface area contributed by atoms with E-state index in [0.29, 0.717) is 60.6 Å². The molecular weight excluding hydrogens is 480 g/mol. The fourth-order valence-corrected chi connectivity index (χ4v) is 3.73. The van der Waals surface area contributed by atoms with Crippen LogP contribution in [0.5, 0.6) is 23.0 Å². The van der Waals surface area contributed by atoms with Gasteiger partial charge in [0.05, 0.1) is 38.6 Å². The lowest BCUT2D eigenvalue weighted by atomic mass is 9.98. The summed E-state index contributed by atoms with van der Waals surface area (Å²) in [6, 6.07) is 17.6. The van der Waals surface area contributed by atoms with Gasteiger partial charge >= 0.3 is 11.9 Å². The molecule has 0 spiro atoms. The normalized spacial score (nSPS) is 14.0. The van der Waals surface area contributed by atoms with Crippen LogP contribution in [0.15, 0.2) is 60.7 Å². The van der Waals surface area contributed by atoms with Gasteiger partial charge in [-0.2, -0.15) is 0 Å². The molecule has 0 saturated carbocycles. The molecule has 0 atom stereocenters. The Labute approximate surface area is 214 Å². The van der Waals surface area contributed by atoms with E-state index in [-0.39, 0.29) is 24.3 Å². The number of carbonyl (C=O) groups is 2. The van der Waals surface area contributed by atoms with Gasteiger partial charge in [0.1, 0.15) is 26.4 Å². The Hall–Kier alpha value is -4.24. The topological polar surface area (TPSA) is 98.8 Å². The molecule has 3 aromatic rings. The Morgan fingerprint density at radius 1 is 0.595 bits per heavy atom. The SMILES string of the molecule is COC(=O)c1cc2c(cc1C(=O)OC)COc1ccccc1OCCOCCOc1ccccc1OC2. The van der Waals surface area contributed by atoms with Crippen LogP contribution in [-0.4, -0.2) is 52.6 Å². The first-order valence-corrected chi connectivity index (χ1v) is 11.7. The largest absolute Gasteiger partial charge is 0.487 e. The predicted octanol–water partition coefficient (Wildman–Crippen LogP) is 4.21. The van der Waals surface area contributed by atoms with Crippen LogP contribution in [0.25, 0.3) is 0 Å². The number of hydrogen-bond acceptors (Lipinski definition) is 9. The van der Waals surface area contributed by atoms with Crippen molar-refractivity contribution >= 4 is 11.9 Å². The van der Waals surface area contributed by atoms with Gasteiger partial charge in [-0.05, 0) is 47.5 Å². The van der Waals surface area contributed by atoms with Crippen molar-refractivity contribution in [3.8, 4) is 23.0 Å². The number of methoxy groups -OCH3 is 2. The molecule has 0 N–H and O–H groups in total. The predicted molar refractivity (Wildman–Crippen MR) is 132 cm³/mol. The van der Waals surface area contributed by atoms with Gasteiger partial charge in [0.2, 0.25) is 0 Å². The maximum atomic E-state index is 12.5. The lowest BCUT2D eigenvalue weighted by Crippen LogP contribution is -2.15. The maximum absolute atomic E-state index is 12.5. The van der Waals surface area contributed by atoms with Crippen molar-refractivity contribution in [2.75, 3.05) is 40.6 Å². The molecule has 0 aromatic heterocycles. The van der Waals surface area contributed by atoms with E-state index in [2.05, 4.69) is 0 Å². The summed E-state index contributed by atoms with van der Waals surface area (Å²) >= 11 is 0. The number of benzene rings is 3. The summed E-state index contributed by atoms with van der Waals surface area (Å²) in [6.45, 7) is 1.53.